The zero-order chi connectivity index (χ0) is 26.2. The van der Waals surface area contributed by atoms with E-state index in [9.17, 15) is 9.59 Å². The van der Waals surface area contributed by atoms with Gasteiger partial charge in [-0.1, -0.05) is 12.1 Å². The third kappa shape index (κ3) is 5.40. The number of fused-ring (bicyclic) bond motifs is 8. The second-order valence-electron chi connectivity index (χ2n) is 9.92. The Bertz CT molecular complexity index is 1340. The molecule has 0 spiro atoms. The van der Waals surface area contributed by atoms with Gasteiger partial charge in [0.2, 0.25) is 0 Å². The molecule has 1 aromatic carbocycles. The SMILES string of the molecule is CC(C)(C)OC(=O)N1CC2CC1COc1cccc(c1)-c1cnc(N)c(n1)C(=O)Nc1cnccc1O2. The Morgan fingerprint density at radius 1 is 1.24 bits per heavy atom. The molecule has 0 aliphatic carbocycles. The fourth-order valence-corrected chi connectivity index (χ4v) is 4.24. The topological polar surface area (TPSA) is 142 Å². The van der Waals surface area contributed by atoms with Crippen molar-refractivity contribution in [3.63, 3.8) is 0 Å². The Balaban J connectivity index is 1.54. The number of anilines is 2. The molecule has 2 amide bonds. The molecule has 3 aromatic rings. The Kier molecular flexibility index (Phi) is 6.28. The predicted octanol–water partition coefficient (Wildman–Crippen LogP) is 3.52. The molecule has 2 aliphatic rings. The van der Waals surface area contributed by atoms with Gasteiger partial charge in [-0.05, 0) is 32.9 Å². The molecule has 6 bridgehead atoms. The number of nitrogens with one attached hydrogen (secondary N) is 1. The fraction of sp³-hybridized carbons (Fsp3) is 0.346. The highest BCUT2D eigenvalue weighted by atomic mass is 16.6. The molecule has 1 fully saturated rings. The van der Waals surface area contributed by atoms with Crippen LogP contribution in [-0.2, 0) is 4.74 Å². The average Bonchev–Trinajstić information content (AvgIpc) is 3.26. The first-order valence-corrected chi connectivity index (χ1v) is 11.9. The van der Waals surface area contributed by atoms with E-state index in [1.54, 1.807) is 23.2 Å². The van der Waals surface area contributed by atoms with Crippen LogP contribution in [0.4, 0.5) is 16.3 Å². The molecule has 3 N–H and O–H groups in total. The number of rotatable bonds is 0. The van der Waals surface area contributed by atoms with Crippen molar-refractivity contribution in [3.8, 4) is 22.8 Å². The summed E-state index contributed by atoms with van der Waals surface area (Å²) >= 11 is 0. The van der Waals surface area contributed by atoms with Crippen molar-refractivity contribution in [3.05, 3.63) is 54.6 Å². The molecule has 0 saturated carbocycles. The van der Waals surface area contributed by atoms with Crippen molar-refractivity contribution >= 4 is 23.5 Å². The van der Waals surface area contributed by atoms with E-state index in [0.29, 0.717) is 34.9 Å². The van der Waals surface area contributed by atoms with Gasteiger partial charge in [-0.2, -0.15) is 0 Å². The third-order valence-corrected chi connectivity index (χ3v) is 5.92. The summed E-state index contributed by atoms with van der Waals surface area (Å²) in [4.78, 5) is 40.5. The van der Waals surface area contributed by atoms with Crippen molar-refractivity contribution < 1.29 is 23.8 Å². The second kappa shape index (κ2) is 9.57. The van der Waals surface area contributed by atoms with E-state index in [4.69, 9.17) is 19.9 Å². The minimum Gasteiger partial charge on any atom is -0.491 e. The highest BCUT2D eigenvalue weighted by Gasteiger charge is 2.39. The number of carbonyl (C=O) groups excluding carboxylic acids is 2. The van der Waals surface area contributed by atoms with Crippen LogP contribution in [0.1, 0.15) is 37.7 Å². The first kappa shape index (κ1) is 24.3. The lowest BCUT2D eigenvalue weighted by Gasteiger charge is -2.28. The molecule has 4 heterocycles. The number of hydrogen-bond acceptors (Lipinski definition) is 9. The van der Waals surface area contributed by atoms with E-state index in [1.165, 1.54) is 12.4 Å². The highest BCUT2D eigenvalue weighted by molar-refractivity contribution is 6.06. The number of nitrogen functional groups attached to an aromatic ring is 1. The van der Waals surface area contributed by atoms with Crippen LogP contribution in [0.2, 0.25) is 0 Å². The Labute approximate surface area is 214 Å². The number of hydrogen-bond donors (Lipinski definition) is 2. The maximum atomic E-state index is 13.1. The number of amides is 2. The zero-order valence-electron chi connectivity index (χ0n) is 20.8. The first-order valence-electron chi connectivity index (χ1n) is 11.9. The first-order chi connectivity index (χ1) is 17.7. The van der Waals surface area contributed by atoms with Gasteiger partial charge in [0.25, 0.3) is 5.91 Å². The maximum Gasteiger partial charge on any atom is 0.410 e. The molecule has 11 nitrogen and oxygen atoms in total. The molecule has 37 heavy (non-hydrogen) atoms. The molecule has 2 unspecified atom stereocenters. The van der Waals surface area contributed by atoms with Gasteiger partial charge in [0, 0.05) is 24.2 Å². The number of aromatic nitrogens is 3. The van der Waals surface area contributed by atoms with Crippen molar-refractivity contribution in [2.75, 3.05) is 24.2 Å². The molecule has 0 radical (unpaired) electrons. The summed E-state index contributed by atoms with van der Waals surface area (Å²) in [5.41, 5.74) is 6.81. The zero-order valence-corrected chi connectivity index (χ0v) is 20.8. The summed E-state index contributed by atoms with van der Waals surface area (Å²) in [6, 6.07) is 8.63. The van der Waals surface area contributed by atoms with Crippen molar-refractivity contribution in [2.45, 2.75) is 44.9 Å². The number of likely N-dealkylation sites (tertiary alicyclic amines) is 1. The average molecular weight is 505 g/mol. The van der Waals surface area contributed by atoms with Crippen LogP contribution in [0.25, 0.3) is 11.3 Å². The van der Waals surface area contributed by atoms with E-state index in [-0.39, 0.29) is 36.8 Å². The van der Waals surface area contributed by atoms with Crippen molar-refractivity contribution in [1.82, 2.24) is 19.9 Å². The number of carbonyl (C=O) groups is 2. The lowest BCUT2D eigenvalue weighted by molar-refractivity contribution is 0.0176. The van der Waals surface area contributed by atoms with E-state index in [1.807, 2.05) is 39.0 Å². The van der Waals surface area contributed by atoms with Gasteiger partial charge in [-0.15, -0.1) is 0 Å². The quantitative estimate of drug-likeness (QED) is 0.470. The van der Waals surface area contributed by atoms with Gasteiger partial charge >= 0.3 is 6.09 Å². The summed E-state index contributed by atoms with van der Waals surface area (Å²) in [6.45, 7) is 6.00. The minimum atomic E-state index is -0.649. The summed E-state index contributed by atoms with van der Waals surface area (Å²) in [5.74, 6) is 0.426. The van der Waals surface area contributed by atoms with Crippen LogP contribution in [0, 0.1) is 0 Å². The summed E-state index contributed by atoms with van der Waals surface area (Å²) in [7, 11) is 0. The van der Waals surface area contributed by atoms with Gasteiger partial charge in [-0.3, -0.25) is 14.7 Å². The molecule has 5 rings (SSSR count). The molecule has 11 heteroatoms. The van der Waals surface area contributed by atoms with Crippen molar-refractivity contribution in [1.29, 1.82) is 0 Å². The molecule has 2 atom stereocenters. The summed E-state index contributed by atoms with van der Waals surface area (Å²) in [6.07, 6.45) is 4.24. The molecular weight excluding hydrogens is 476 g/mol. The van der Waals surface area contributed by atoms with E-state index >= 15 is 0 Å². The molecular formula is C26H28N6O5. The Morgan fingerprint density at radius 2 is 2.08 bits per heavy atom. The molecule has 192 valence electrons. The minimum absolute atomic E-state index is 0.00670. The lowest BCUT2D eigenvalue weighted by atomic mass is 10.1. The van der Waals surface area contributed by atoms with Gasteiger partial charge in [-0.25, -0.2) is 14.8 Å². The van der Waals surface area contributed by atoms with Gasteiger partial charge in [0.15, 0.2) is 11.5 Å². The monoisotopic (exact) mass is 504 g/mol. The number of pyridine rings is 1. The summed E-state index contributed by atoms with van der Waals surface area (Å²) in [5, 5.41) is 2.78. The number of nitrogens with zero attached hydrogens (tertiary/aromatic N) is 4. The number of ether oxygens (including phenoxy) is 3. The lowest BCUT2D eigenvalue weighted by Crippen LogP contribution is -2.42. The normalized spacial score (nSPS) is 19.2. The van der Waals surface area contributed by atoms with Gasteiger partial charge < -0.3 is 25.3 Å². The predicted molar refractivity (Wildman–Crippen MR) is 135 cm³/mol. The number of benzene rings is 1. The molecule has 1 saturated heterocycles. The highest BCUT2D eigenvalue weighted by Crippen LogP contribution is 2.31. The summed E-state index contributed by atoms with van der Waals surface area (Å²) < 4.78 is 18.0. The number of nitrogens with two attached hydrogens (primary N) is 1. The molecule has 2 aliphatic heterocycles. The third-order valence-electron chi connectivity index (χ3n) is 5.92. The van der Waals surface area contributed by atoms with E-state index in [0.717, 1.165) is 0 Å². The maximum absolute atomic E-state index is 13.1. The van der Waals surface area contributed by atoms with Crippen LogP contribution >= 0.6 is 0 Å². The van der Waals surface area contributed by atoms with Gasteiger partial charge in [0.05, 0.1) is 30.7 Å². The van der Waals surface area contributed by atoms with Gasteiger partial charge in [0.1, 0.15) is 35.5 Å². The second-order valence-corrected chi connectivity index (χ2v) is 9.92. The van der Waals surface area contributed by atoms with Crippen LogP contribution in [0.15, 0.2) is 48.9 Å². The van der Waals surface area contributed by atoms with Crippen molar-refractivity contribution in [2.24, 2.45) is 0 Å². The van der Waals surface area contributed by atoms with E-state index in [2.05, 4.69) is 20.3 Å². The Morgan fingerprint density at radius 3 is 2.89 bits per heavy atom. The van der Waals surface area contributed by atoms with Crippen LogP contribution in [0.3, 0.4) is 0 Å². The fourth-order valence-electron chi connectivity index (χ4n) is 4.24. The smallest absolute Gasteiger partial charge is 0.410 e. The standard InChI is InChI=1S/C26H28N6O5/c1-26(2,3)37-25(34)32-13-18-10-16(32)14-35-17-6-4-5-15(9-17)19-12-29-23(27)22(30-19)24(33)31-20-11-28-8-7-21(20)36-18/h4-9,11-12,16,18H,10,13-14H2,1-3H3,(H2,27,29)(H,31,33). The Hall–Kier alpha value is -4.41. The van der Waals surface area contributed by atoms with E-state index < -0.39 is 17.6 Å². The largest absolute Gasteiger partial charge is 0.491 e. The van der Waals surface area contributed by atoms with Crippen LogP contribution in [-0.4, -0.2) is 62.8 Å². The van der Waals surface area contributed by atoms with Crippen LogP contribution in [0.5, 0.6) is 11.5 Å². The molecule has 2 aromatic heterocycles. The van der Waals surface area contributed by atoms with Crippen LogP contribution < -0.4 is 20.5 Å².